The van der Waals surface area contributed by atoms with Gasteiger partial charge >= 0.3 is 0 Å². The van der Waals surface area contributed by atoms with Gasteiger partial charge in [0, 0.05) is 24.5 Å². The van der Waals surface area contributed by atoms with Crippen molar-refractivity contribution in [1.29, 1.82) is 0 Å². The smallest absolute Gasteiger partial charge is 0.279 e. The standard InChI is InChI=1S/C18H16Cl2FN5O/c1-3-23-11(9-22-2)10-26-17(20)12-7-8-25(18(27)16(12)24-26)14-6-4-5-13(19)15(14)21/h3-6,9H,2,7-8,10H2,1H3/b11-9-,23-3?. The number of hydrogen-bond donors (Lipinski definition) is 0. The molecule has 0 atom stereocenters. The number of fused-ring (bicyclic) bond motifs is 1. The molecule has 0 unspecified atom stereocenters. The molecule has 0 fully saturated rings. The number of rotatable bonds is 5. The maximum absolute atomic E-state index is 14.3. The van der Waals surface area contributed by atoms with E-state index in [0.29, 0.717) is 22.8 Å². The predicted octanol–water partition coefficient (Wildman–Crippen LogP) is 4.16. The Kier molecular flexibility index (Phi) is 5.72. The number of carbonyl (C=O) groups is 1. The van der Waals surface area contributed by atoms with E-state index in [1.165, 1.54) is 27.9 Å². The van der Waals surface area contributed by atoms with Gasteiger partial charge in [-0.15, -0.1) is 0 Å². The number of allylic oxidation sites excluding steroid dienone is 1. The van der Waals surface area contributed by atoms with E-state index in [-0.39, 0.29) is 29.5 Å². The summed E-state index contributed by atoms with van der Waals surface area (Å²) in [6.07, 6.45) is 3.55. The third-order valence-corrected chi connectivity index (χ3v) is 4.80. The van der Waals surface area contributed by atoms with Crippen molar-refractivity contribution in [2.24, 2.45) is 9.98 Å². The molecule has 0 spiro atoms. The second kappa shape index (κ2) is 8.02. The van der Waals surface area contributed by atoms with Crippen LogP contribution in [0.25, 0.3) is 0 Å². The highest BCUT2D eigenvalue weighted by Gasteiger charge is 2.33. The first kappa shape index (κ1) is 19.3. The molecular weight excluding hydrogens is 392 g/mol. The van der Waals surface area contributed by atoms with Crippen molar-refractivity contribution in [1.82, 2.24) is 9.78 Å². The summed E-state index contributed by atoms with van der Waals surface area (Å²) in [5.41, 5.74) is 1.53. The highest BCUT2D eigenvalue weighted by atomic mass is 35.5. The van der Waals surface area contributed by atoms with Crippen LogP contribution in [0.15, 0.2) is 40.1 Å². The second-order valence-electron chi connectivity index (χ2n) is 5.75. The second-order valence-corrected chi connectivity index (χ2v) is 6.51. The first-order valence-electron chi connectivity index (χ1n) is 8.12. The molecule has 0 radical (unpaired) electrons. The van der Waals surface area contributed by atoms with Gasteiger partial charge in [0.15, 0.2) is 11.5 Å². The molecule has 0 N–H and O–H groups in total. The summed E-state index contributed by atoms with van der Waals surface area (Å²) in [4.78, 5) is 22.1. The Morgan fingerprint density at radius 2 is 2.22 bits per heavy atom. The lowest BCUT2D eigenvalue weighted by atomic mass is 10.1. The number of aliphatic imine (C=N–C) groups is 2. The SMILES string of the molecule is C=N/C=C(/Cn1nc2c(c1Cl)CCN(c1cccc(Cl)c1F)C2=O)N=CC. The van der Waals surface area contributed by atoms with E-state index in [1.807, 2.05) is 0 Å². The summed E-state index contributed by atoms with van der Waals surface area (Å²) in [6, 6.07) is 4.54. The predicted molar refractivity (Wildman–Crippen MR) is 106 cm³/mol. The van der Waals surface area contributed by atoms with Crippen molar-refractivity contribution in [3.63, 3.8) is 0 Å². The Morgan fingerprint density at radius 1 is 1.44 bits per heavy atom. The van der Waals surface area contributed by atoms with Crippen molar-refractivity contribution < 1.29 is 9.18 Å². The molecule has 1 aliphatic rings. The van der Waals surface area contributed by atoms with Crippen molar-refractivity contribution >= 4 is 47.7 Å². The average Bonchev–Trinajstić information content (AvgIpc) is 2.96. The van der Waals surface area contributed by atoms with Gasteiger partial charge in [0.25, 0.3) is 5.91 Å². The molecule has 140 valence electrons. The molecule has 2 aromatic rings. The Hall–Kier alpha value is -2.51. The van der Waals surface area contributed by atoms with Crippen molar-refractivity contribution in [2.45, 2.75) is 19.9 Å². The largest absolute Gasteiger partial charge is 0.304 e. The van der Waals surface area contributed by atoms with Crippen LogP contribution in [0, 0.1) is 5.82 Å². The fraction of sp³-hybridized carbons (Fsp3) is 0.222. The molecule has 9 heteroatoms. The topological polar surface area (TPSA) is 62.9 Å². The van der Waals surface area contributed by atoms with Crippen LogP contribution in [-0.4, -0.2) is 35.2 Å². The van der Waals surface area contributed by atoms with Crippen LogP contribution in [0.2, 0.25) is 10.2 Å². The lowest BCUT2D eigenvalue weighted by Crippen LogP contribution is -2.38. The number of carbonyl (C=O) groups excluding carboxylic acids is 1. The number of amides is 1. The number of halogens is 3. The van der Waals surface area contributed by atoms with Crippen LogP contribution in [0.1, 0.15) is 23.0 Å². The minimum Gasteiger partial charge on any atom is -0.304 e. The zero-order valence-electron chi connectivity index (χ0n) is 14.5. The maximum atomic E-state index is 14.3. The van der Waals surface area contributed by atoms with E-state index in [0.717, 1.165) is 0 Å². The van der Waals surface area contributed by atoms with Crippen LogP contribution in [0.5, 0.6) is 0 Å². The number of nitrogens with zero attached hydrogens (tertiary/aromatic N) is 5. The molecule has 3 rings (SSSR count). The Balaban J connectivity index is 1.96. The quantitative estimate of drug-likeness (QED) is 0.698. The minimum atomic E-state index is -0.638. The Labute approximate surface area is 165 Å². The zero-order valence-corrected chi connectivity index (χ0v) is 16.0. The molecule has 0 saturated heterocycles. The summed E-state index contributed by atoms with van der Waals surface area (Å²) in [6.45, 7) is 5.69. The zero-order chi connectivity index (χ0) is 19.6. The molecule has 1 aromatic carbocycles. The van der Waals surface area contributed by atoms with Crippen LogP contribution in [0.3, 0.4) is 0 Å². The van der Waals surface area contributed by atoms with Crippen LogP contribution < -0.4 is 4.90 Å². The molecule has 6 nitrogen and oxygen atoms in total. The summed E-state index contributed by atoms with van der Waals surface area (Å²) < 4.78 is 15.8. The average molecular weight is 408 g/mol. The van der Waals surface area contributed by atoms with Gasteiger partial charge in [-0.3, -0.25) is 14.8 Å². The molecule has 1 aliphatic heterocycles. The van der Waals surface area contributed by atoms with E-state index in [9.17, 15) is 9.18 Å². The third kappa shape index (κ3) is 3.65. The molecule has 1 amide bonds. The summed E-state index contributed by atoms with van der Waals surface area (Å²) in [5.74, 6) is -1.06. The number of anilines is 1. The lowest BCUT2D eigenvalue weighted by Gasteiger charge is -2.26. The Morgan fingerprint density at radius 3 is 2.93 bits per heavy atom. The van der Waals surface area contributed by atoms with Gasteiger partial charge in [-0.25, -0.2) is 9.07 Å². The van der Waals surface area contributed by atoms with Gasteiger partial charge in [0.2, 0.25) is 0 Å². The number of aromatic nitrogens is 2. The maximum Gasteiger partial charge on any atom is 0.279 e. The van der Waals surface area contributed by atoms with Crippen molar-refractivity contribution in [3.8, 4) is 0 Å². The van der Waals surface area contributed by atoms with Gasteiger partial charge in [-0.2, -0.15) is 5.10 Å². The van der Waals surface area contributed by atoms with Crippen LogP contribution >= 0.6 is 23.2 Å². The molecule has 27 heavy (non-hydrogen) atoms. The highest BCUT2D eigenvalue weighted by Crippen LogP contribution is 2.32. The summed E-state index contributed by atoms with van der Waals surface area (Å²) >= 11 is 12.3. The van der Waals surface area contributed by atoms with Crippen molar-refractivity contribution in [2.75, 3.05) is 11.4 Å². The molecule has 0 aliphatic carbocycles. The van der Waals surface area contributed by atoms with E-state index in [4.69, 9.17) is 23.2 Å². The summed E-state index contributed by atoms with van der Waals surface area (Å²) in [7, 11) is 0. The van der Waals surface area contributed by atoms with E-state index >= 15 is 0 Å². The normalized spacial score (nSPS) is 14.7. The van der Waals surface area contributed by atoms with Gasteiger partial charge in [0.05, 0.1) is 23.0 Å². The number of benzene rings is 1. The van der Waals surface area contributed by atoms with E-state index < -0.39 is 11.7 Å². The molecule has 1 aromatic heterocycles. The van der Waals surface area contributed by atoms with Crippen LogP contribution in [0.4, 0.5) is 10.1 Å². The summed E-state index contributed by atoms with van der Waals surface area (Å²) in [5, 5.41) is 4.63. The van der Waals surface area contributed by atoms with Crippen LogP contribution in [-0.2, 0) is 13.0 Å². The molecule has 0 saturated carbocycles. The van der Waals surface area contributed by atoms with Gasteiger partial charge in [-0.1, -0.05) is 29.3 Å². The first-order valence-corrected chi connectivity index (χ1v) is 8.88. The molecule has 0 bridgehead atoms. The number of hydrogen-bond acceptors (Lipinski definition) is 4. The first-order chi connectivity index (χ1) is 13.0. The van der Waals surface area contributed by atoms with E-state index in [1.54, 1.807) is 19.2 Å². The third-order valence-electron chi connectivity index (χ3n) is 4.08. The van der Waals surface area contributed by atoms with Gasteiger partial charge < -0.3 is 4.90 Å². The van der Waals surface area contributed by atoms with Crippen molar-refractivity contribution in [3.05, 3.63) is 57.3 Å². The fourth-order valence-corrected chi connectivity index (χ4v) is 3.35. The van der Waals surface area contributed by atoms with Gasteiger partial charge in [-0.05, 0) is 32.2 Å². The van der Waals surface area contributed by atoms with Gasteiger partial charge in [0.1, 0.15) is 5.15 Å². The van der Waals surface area contributed by atoms with E-state index in [2.05, 4.69) is 21.8 Å². The molecular formula is C18H16Cl2FN5O. The Bertz CT molecular complexity index is 967. The highest BCUT2D eigenvalue weighted by molar-refractivity contribution is 6.32. The molecule has 2 heterocycles. The minimum absolute atomic E-state index is 0.0428. The monoisotopic (exact) mass is 407 g/mol. The lowest BCUT2D eigenvalue weighted by molar-refractivity contribution is 0.0974. The fourth-order valence-electron chi connectivity index (χ4n) is 2.90.